The second-order valence-electron chi connectivity index (χ2n) is 6.19. The molecule has 4 heteroatoms. The van der Waals surface area contributed by atoms with Gasteiger partial charge in [-0.3, -0.25) is 0 Å². The molecule has 0 spiro atoms. The Hall–Kier alpha value is -1.58. The predicted molar refractivity (Wildman–Crippen MR) is 104 cm³/mol. The number of aryl methyl sites for hydroxylation is 2. The van der Waals surface area contributed by atoms with E-state index >= 15 is 0 Å². The first-order valence-electron chi connectivity index (χ1n) is 7.77. The molecule has 0 aliphatic rings. The van der Waals surface area contributed by atoms with E-state index in [1.165, 1.54) is 16.7 Å². The molecule has 0 bridgehead atoms. The minimum Gasteiger partial charge on any atom is -0.355 e. The van der Waals surface area contributed by atoms with Crippen LogP contribution in [0.2, 0.25) is 5.02 Å². The number of hydrogen-bond acceptors (Lipinski definition) is 1. The summed E-state index contributed by atoms with van der Waals surface area (Å²) in [5.74, 6) is 0.413. The Morgan fingerprint density at radius 2 is 1.83 bits per heavy atom. The zero-order chi connectivity index (χ0) is 17.0. The number of nitrogens with one attached hydrogen (secondary N) is 2. The average Bonchev–Trinajstić information content (AvgIpc) is 2.45. The summed E-state index contributed by atoms with van der Waals surface area (Å²) in [6.45, 7) is 8.64. The van der Waals surface area contributed by atoms with Gasteiger partial charge in [-0.1, -0.05) is 55.3 Å². The van der Waals surface area contributed by atoms with Gasteiger partial charge in [-0.2, -0.15) is 0 Å². The SMILES string of the molecule is Cc1ccc(C(NC(=S)Nc2cccc(Cl)c2)C(C)C)c(C)c1. The maximum atomic E-state index is 6.01. The first-order chi connectivity index (χ1) is 10.9. The summed E-state index contributed by atoms with van der Waals surface area (Å²) in [5, 5.41) is 7.93. The molecule has 1 atom stereocenters. The van der Waals surface area contributed by atoms with Crippen LogP contribution < -0.4 is 10.6 Å². The van der Waals surface area contributed by atoms with Gasteiger partial charge in [-0.15, -0.1) is 0 Å². The lowest BCUT2D eigenvalue weighted by atomic mass is 9.92. The second-order valence-corrected chi connectivity index (χ2v) is 7.04. The molecule has 2 aromatic carbocycles. The molecule has 0 radical (unpaired) electrons. The molecular weight excluding hydrogens is 324 g/mol. The van der Waals surface area contributed by atoms with Crippen LogP contribution in [0, 0.1) is 19.8 Å². The summed E-state index contributed by atoms with van der Waals surface area (Å²) >= 11 is 11.5. The van der Waals surface area contributed by atoms with Crippen molar-refractivity contribution in [3.8, 4) is 0 Å². The van der Waals surface area contributed by atoms with Gasteiger partial charge >= 0.3 is 0 Å². The van der Waals surface area contributed by atoms with Crippen LogP contribution in [0.1, 0.15) is 36.6 Å². The Balaban J connectivity index is 2.14. The predicted octanol–water partition coefficient (Wildman–Crippen LogP) is 5.64. The summed E-state index contributed by atoms with van der Waals surface area (Å²) < 4.78 is 0. The van der Waals surface area contributed by atoms with Crippen LogP contribution in [0.4, 0.5) is 5.69 Å². The van der Waals surface area contributed by atoms with Gasteiger partial charge in [-0.25, -0.2) is 0 Å². The molecule has 1 unspecified atom stereocenters. The van der Waals surface area contributed by atoms with Crippen molar-refractivity contribution in [3.05, 3.63) is 64.2 Å². The topological polar surface area (TPSA) is 24.1 Å². The molecule has 0 saturated carbocycles. The lowest BCUT2D eigenvalue weighted by Crippen LogP contribution is -2.35. The number of rotatable bonds is 4. The fraction of sp³-hybridized carbons (Fsp3) is 0.316. The van der Waals surface area contributed by atoms with Gasteiger partial charge in [0.2, 0.25) is 0 Å². The Kier molecular flexibility index (Phi) is 6.03. The molecule has 0 aromatic heterocycles. The highest BCUT2D eigenvalue weighted by atomic mass is 35.5. The van der Waals surface area contributed by atoms with Crippen LogP contribution >= 0.6 is 23.8 Å². The molecule has 0 aliphatic carbocycles. The van der Waals surface area contributed by atoms with Crippen LogP contribution in [-0.2, 0) is 0 Å². The van der Waals surface area contributed by atoms with E-state index in [-0.39, 0.29) is 6.04 Å². The first-order valence-corrected chi connectivity index (χ1v) is 8.55. The van der Waals surface area contributed by atoms with Gasteiger partial charge in [-0.05, 0) is 61.3 Å². The molecule has 2 rings (SSSR count). The Labute approximate surface area is 149 Å². The summed E-state index contributed by atoms with van der Waals surface area (Å²) in [5.41, 5.74) is 4.72. The van der Waals surface area contributed by atoms with E-state index in [0.29, 0.717) is 16.1 Å². The zero-order valence-electron chi connectivity index (χ0n) is 14.0. The fourth-order valence-electron chi connectivity index (χ4n) is 2.65. The molecule has 0 fully saturated rings. The first kappa shape index (κ1) is 17.8. The molecule has 122 valence electrons. The van der Waals surface area contributed by atoms with Gasteiger partial charge in [0.25, 0.3) is 0 Å². The number of halogens is 1. The maximum Gasteiger partial charge on any atom is 0.171 e. The molecule has 0 aliphatic heterocycles. The van der Waals surface area contributed by atoms with Gasteiger partial charge < -0.3 is 10.6 Å². The van der Waals surface area contributed by atoms with E-state index in [1.807, 2.05) is 24.3 Å². The normalized spacial score (nSPS) is 12.1. The lowest BCUT2D eigenvalue weighted by molar-refractivity contribution is 0.471. The number of hydrogen-bond donors (Lipinski definition) is 2. The summed E-state index contributed by atoms with van der Waals surface area (Å²) in [6.07, 6.45) is 0. The highest BCUT2D eigenvalue weighted by Gasteiger charge is 2.18. The Bertz CT molecular complexity index is 698. The Morgan fingerprint density at radius 1 is 1.09 bits per heavy atom. The van der Waals surface area contributed by atoms with E-state index in [2.05, 4.69) is 56.5 Å². The van der Waals surface area contributed by atoms with Crippen LogP contribution in [0.3, 0.4) is 0 Å². The van der Waals surface area contributed by atoms with E-state index in [0.717, 1.165) is 5.69 Å². The molecule has 0 saturated heterocycles. The van der Waals surface area contributed by atoms with Crippen molar-refractivity contribution in [2.24, 2.45) is 5.92 Å². The van der Waals surface area contributed by atoms with Crippen molar-refractivity contribution < 1.29 is 0 Å². The third-order valence-corrected chi connectivity index (χ3v) is 4.25. The van der Waals surface area contributed by atoms with Gasteiger partial charge in [0.1, 0.15) is 0 Å². The third kappa shape index (κ3) is 4.95. The largest absolute Gasteiger partial charge is 0.355 e. The van der Waals surface area contributed by atoms with Gasteiger partial charge in [0, 0.05) is 10.7 Å². The van der Waals surface area contributed by atoms with Crippen molar-refractivity contribution in [2.75, 3.05) is 5.32 Å². The molecule has 23 heavy (non-hydrogen) atoms. The van der Waals surface area contributed by atoms with Crippen molar-refractivity contribution in [1.82, 2.24) is 5.32 Å². The van der Waals surface area contributed by atoms with E-state index in [1.54, 1.807) is 0 Å². The van der Waals surface area contributed by atoms with Crippen molar-refractivity contribution in [2.45, 2.75) is 33.7 Å². The second kappa shape index (κ2) is 7.80. The van der Waals surface area contributed by atoms with E-state index < -0.39 is 0 Å². The van der Waals surface area contributed by atoms with Gasteiger partial charge in [0.05, 0.1) is 6.04 Å². The summed E-state index contributed by atoms with van der Waals surface area (Å²) in [6, 6.07) is 14.2. The highest BCUT2D eigenvalue weighted by molar-refractivity contribution is 7.80. The monoisotopic (exact) mass is 346 g/mol. The highest BCUT2D eigenvalue weighted by Crippen LogP contribution is 2.26. The smallest absolute Gasteiger partial charge is 0.171 e. The lowest BCUT2D eigenvalue weighted by Gasteiger charge is -2.26. The molecule has 0 heterocycles. The fourth-order valence-corrected chi connectivity index (χ4v) is 3.09. The molecule has 2 N–H and O–H groups in total. The molecule has 0 amide bonds. The molecular formula is C19H23ClN2S. The van der Waals surface area contributed by atoms with Gasteiger partial charge in [0.15, 0.2) is 5.11 Å². The standard InChI is InChI=1S/C19H23ClN2S/c1-12(2)18(17-9-8-13(3)10-14(17)4)22-19(23)21-16-7-5-6-15(20)11-16/h5-12,18H,1-4H3,(H2,21,22,23). The summed E-state index contributed by atoms with van der Waals surface area (Å²) in [7, 11) is 0. The zero-order valence-corrected chi connectivity index (χ0v) is 15.6. The number of benzene rings is 2. The molecule has 2 nitrogen and oxygen atoms in total. The van der Waals surface area contributed by atoms with Crippen LogP contribution in [0.25, 0.3) is 0 Å². The van der Waals surface area contributed by atoms with Crippen LogP contribution in [0.15, 0.2) is 42.5 Å². The minimum atomic E-state index is 0.162. The maximum absolute atomic E-state index is 6.01. The van der Waals surface area contributed by atoms with E-state index in [9.17, 15) is 0 Å². The minimum absolute atomic E-state index is 0.162. The van der Waals surface area contributed by atoms with Crippen molar-refractivity contribution in [3.63, 3.8) is 0 Å². The van der Waals surface area contributed by atoms with Crippen molar-refractivity contribution >= 4 is 34.6 Å². The summed E-state index contributed by atoms with van der Waals surface area (Å²) in [4.78, 5) is 0. The average molecular weight is 347 g/mol. The van der Waals surface area contributed by atoms with E-state index in [4.69, 9.17) is 23.8 Å². The van der Waals surface area contributed by atoms with Crippen LogP contribution in [-0.4, -0.2) is 5.11 Å². The third-order valence-electron chi connectivity index (χ3n) is 3.80. The Morgan fingerprint density at radius 3 is 2.43 bits per heavy atom. The van der Waals surface area contributed by atoms with Crippen molar-refractivity contribution in [1.29, 1.82) is 0 Å². The molecule has 2 aromatic rings. The number of thiocarbonyl (C=S) groups is 1. The number of anilines is 1. The van der Waals surface area contributed by atoms with Crippen LogP contribution in [0.5, 0.6) is 0 Å². The quantitative estimate of drug-likeness (QED) is 0.700.